The van der Waals surface area contributed by atoms with E-state index in [2.05, 4.69) is 53.4 Å². The largest absolute Gasteiger partial charge is 0.310 e. The Morgan fingerprint density at radius 1 is 0.419 bits per heavy atom. The van der Waals surface area contributed by atoms with E-state index in [9.17, 15) is 21.0 Å². The van der Waals surface area contributed by atoms with Crippen LogP contribution in [0.5, 0.6) is 0 Å². The molecular weight excluding hydrogens is 526 g/mol. The fourth-order valence-electron chi connectivity index (χ4n) is 5.27. The molecule has 5 nitrogen and oxygen atoms in total. The molecule has 0 bridgehead atoms. The van der Waals surface area contributed by atoms with E-state index < -0.39 is 0 Å². The standard InChI is InChI=1S/C38H21N5/c39-22-26-18-27(23-40)20-33(19-26)29-12-16-36(17-13-29)43(38-7-3-5-30-4-1-2-6-37(30)38)35-14-10-28(11-15-35)31-8-9-32(24-41)34(21-31)25-42/h1-21H. The first kappa shape index (κ1) is 26.6. The minimum Gasteiger partial charge on any atom is -0.310 e. The van der Waals surface area contributed by atoms with E-state index >= 15 is 0 Å². The topological polar surface area (TPSA) is 98.4 Å². The predicted molar refractivity (Wildman–Crippen MR) is 168 cm³/mol. The van der Waals surface area contributed by atoms with Crippen LogP contribution in [0.3, 0.4) is 0 Å². The summed E-state index contributed by atoms with van der Waals surface area (Å²) < 4.78 is 0. The van der Waals surface area contributed by atoms with Gasteiger partial charge in [0.1, 0.15) is 12.1 Å². The van der Waals surface area contributed by atoms with Crippen molar-refractivity contribution in [3.05, 3.63) is 150 Å². The Morgan fingerprint density at radius 3 is 1.58 bits per heavy atom. The van der Waals surface area contributed by atoms with Crippen molar-refractivity contribution < 1.29 is 0 Å². The van der Waals surface area contributed by atoms with Crippen molar-refractivity contribution in [2.24, 2.45) is 0 Å². The van der Waals surface area contributed by atoms with Gasteiger partial charge >= 0.3 is 0 Å². The highest BCUT2D eigenvalue weighted by Gasteiger charge is 2.16. The molecule has 0 aliphatic carbocycles. The molecule has 0 unspecified atom stereocenters. The van der Waals surface area contributed by atoms with Gasteiger partial charge in [0.15, 0.2) is 0 Å². The Morgan fingerprint density at radius 2 is 0.977 bits per heavy atom. The Balaban J connectivity index is 1.45. The molecule has 198 valence electrons. The summed E-state index contributed by atoms with van der Waals surface area (Å²) in [5.74, 6) is 0. The molecule has 0 aliphatic heterocycles. The van der Waals surface area contributed by atoms with Crippen LogP contribution in [0, 0.1) is 45.3 Å². The monoisotopic (exact) mass is 547 g/mol. The molecule has 0 heterocycles. The molecule has 0 atom stereocenters. The molecule has 0 aromatic heterocycles. The zero-order valence-electron chi connectivity index (χ0n) is 22.9. The third kappa shape index (κ3) is 5.15. The Labute approximate surface area is 249 Å². The first-order valence-electron chi connectivity index (χ1n) is 13.5. The second-order valence-corrected chi connectivity index (χ2v) is 9.93. The number of hydrogen-bond donors (Lipinski definition) is 0. The highest BCUT2D eigenvalue weighted by Crippen LogP contribution is 2.40. The van der Waals surface area contributed by atoms with Crippen LogP contribution in [0.15, 0.2) is 127 Å². The average Bonchev–Trinajstić information content (AvgIpc) is 3.08. The van der Waals surface area contributed by atoms with Gasteiger partial charge in [-0.1, -0.05) is 66.7 Å². The van der Waals surface area contributed by atoms with Crippen LogP contribution in [0.1, 0.15) is 22.3 Å². The summed E-state index contributed by atoms with van der Waals surface area (Å²) in [5.41, 5.74) is 8.00. The minimum atomic E-state index is 0.351. The van der Waals surface area contributed by atoms with Gasteiger partial charge in [0.2, 0.25) is 0 Å². The van der Waals surface area contributed by atoms with E-state index in [-0.39, 0.29) is 0 Å². The van der Waals surface area contributed by atoms with Crippen LogP contribution in [0.2, 0.25) is 0 Å². The van der Waals surface area contributed by atoms with Crippen LogP contribution >= 0.6 is 0 Å². The van der Waals surface area contributed by atoms with E-state index in [1.54, 1.807) is 30.3 Å². The lowest BCUT2D eigenvalue weighted by molar-refractivity contribution is 1.30. The molecule has 43 heavy (non-hydrogen) atoms. The molecule has 0 N–H and O–H groups in total. The average molecular weight is 548 g/mol. The maximum absolute atomic E-state index is 9.48. The van der Waals surface area contributed by atoms with Gasteiger partial charge in [0, 0.05) is 16.8 Å². The zero-order chi connectivity index (χ0) is 29.8. The maximum Gasteiger partial charge on any atom is 0.101 e. The summed E-state index contributed by atoms with van der Waals surface area (Å²) in [7, 11) is 0. The van der Waals surface area contributed by atoms with Crippen LogP contribution in [-0.4, -0.2) is 0 Å². The number of nitriles is 4. The predicted octanol–water partition coefficient (Wildman–Crippen LogP) is 9.13. The Hall–Kier alpha value is -6.66. The smallest absolute Gasteiger partial charge is 0.101 e. The first-order valence-corrected chi connectivity index (χ1v) is 13.5. The molecule has 0 saturated carbocycles. The SMILES string of the molecule is N#Cc1cc(C#N)cc(-c2ccc(N(c3ccc(-c4ccc(C#N)c(C#N)c4)cc3)c3cccc4ccccc34)cc2)c1. The molecule has 6 aromatic carbocycles. The second kappa shape index (κ2) is 11.4. The quantitative estimate of drug-likeness (QED) is 0.214. The molecule has 0 saturated heterocycles. The van der Waals surface area contributed by atoms with Crippen molar-refractivity contribution in [2.45, 2.75) is 0 Å². The van der Waals surface area contributed by atoms with Crippen molar-refractivity contribution in [2.75, 3.05) is 4.90 Å². The van der Waals surface area contributed by atoms with Crippen molar-refractivity contribution >= 4 is 27.8 Å². The van der Waals surface area contributed by atoms with Crippen LogP contribution in [0.25, 0.3) is 33.0 Å². The molecule has 0 amide bonds. The Bertz CT molecular complexity index is 2130. The minimum absolute atomic E-state index is 0.351. The van der Waals surface area contributed by atoms with E-state index in [4.69, 9.17) is 0 Å². The van der Waals surface area contributed by atoms with Gasteiger partial charge in [0.05, 0.1) is 40.1 Å². The number of hydrogen-bond acceptors (Lipinski definition) is 5. The second-order valence-electron chi connectivity index (χ2n) is 9.93. The van der Waals surface area contributed by atoms with E-state index in [1.165, 1.54) is 0 Å². The lowest BCUT2D eigenvalue weighted by Gasteiger charge is -2.27. The van der Waals surface area contributed by atoms with Crippen molar-refractivity contribution in [3.8, 4) is 46.5 Å². The fraction of sp³-hybridized carbons (Fsp3) is 0. The molecule has 5 heteroatoms. The number of anilines is 3. The lowest BCUT2D eigenvalue weighted by atomic mass is 9.99. The van der Waals surface area contributed by atoms with E-state index in [0.717, 1.165) is 50.1 Å². The summed E-state index contributed by atoms with van der Waals surface area (Å²) in [6, 6.07) is 49.6. The van der Waals surface area contributed by atoms with Crippen molar-refractivity contribution in [1.82, 2.24) is 0 Å². The molecule has 0 aliphatic rings. The number of benzene rings is 6. The van der Waals surface area contributed by atoms with Gasteiger partial charge in [-0.3, -0.25) is 0 Å². The normalized spacial score (nSPS) is 10.2. The van der Waals surface area contributed by atoms with E-state index in [0.29, 0.717) is 22.3 Å². The lowest BCUT2D eigenvalue weighted by Crippen LogP contribution is -2.10. The summed E-state index contributed by atoms with van der Waals surface area (Å²) in [6.45, 7) is 0. The number of fused-ring (bicyclic) bond motifs is 1. The van der Waals surface area contributed by atoms with Gasteiger partial charge in [0.25, 0.3) is 0 Å². The van der Waals surface area contributed by atoms with Gasteiger partial charge in [-0.15, -0.1) is 0 Å². The zero-order valence-corrected chi connectivity index (χ0v) is 22.9. The highest BCUT2D eigenvalue weighted by atomic mass is 15.1. The summed E-state index contributed by atoms with van der Waals surface area (Å²) in [6.07, 6.45) is 0. The molecule has 0 spiro atoms. The summed E-state index contributed by atoms with van der Waals surface area (Å²) >= 11 is 0. The van der Waals surface area contributed by atoms with Gasteiger partial charge in [-0.2, -0.15) is 21.0 Å². The van der Waals surface area contributed by atoms with Crippen molar-refractivity contribution in [3.63, 3.8) is 0 Å². The van der Waals surface area contributed by atoms with Crippen LogP contribution in [0.4, 0.5) is 17.1 Å². The first-order chi connectivity index (χ1) is 21.1. The van der Waals surface area contributed by atoms with Crippen LogP contribution in [-0.2, 0) is 0 Å². The molecule has 6 aromatic rings. The summed E-state index contributed by atoms with van der Waals surface area (Å²) in [5, 5.41) is 39.9. The highest BCUT2D eigenvalue weighted by molar-refractivity contribution is 5.99. The summed E-state index contributed by atoms with van der Waals surface area (Å²) in [4.78, 5) is 2.20. The van der Waals surface area contributed by atoms with E-state index in [1.807, 2.05) is 72.8 Å². The fourth-order valence-corrected chi connectivity index (χ4v) is 5.27. The molecule has 6 rings (SSSR count). The third-order valence-electron chi connectivity index (χ3n) is 7.38. The van der Waals surface area contributed by atoms with Gasteiger partial charge < -0.3 is 4.90 Å². The molecule has 0 fully saturated rings. The van der Waals surface area contributed by atoms with Crippen molar-refractivity contribution in [1.29, 1.82) is 21.0 Å². The maximum atomic E-state index is 9.48. The molecule has 0 radical (unpaired) electrons. The van der Waals surface area contributed by atoms with Crippen LogP contribution < -0.4 is 4.90 Å². The molecular formula is C38H21N5. The number of rotatable bonds is 5. The van der Waals surface area contributed by atoms with Gasteiger partial charge in [-0.05, 0) is 88.3 Å². The Kier molecular flexibility index (Phi) is 7.07. The van der Waals surface area contributed by atoms with Gasteiger partial charge in [-0.25, -0.2) is 0 Å². The third-order valence-corrected chi connectivity index (χ3v) is 7.38. The number of nitrogens with zero attached hydrogens (tertiary/aromatic N) is 5.